The van der Waals surface area contributed by atoms with Gasteiger partial charge in [-0.1, -0.05) is 0 Å². The van der Waals surface area contributed by atoms with Crippen LogP contribution in [-0.2, 0) is 14.8 Å². The number of halogens is 1. The van der Waals surface area contributed by atoms with Gasteiger partial charge in [0.05, 0.1) is 26.0 Å². The van der Waals surface area contributed by atoms with Gasteiger partial charge in [0, 0.05) is 18.8 Å². The zero-order chi connectivity index (χ0) is 20.6. The van der Waals surface area contributed by atoms with Crippen molar-refractivity contribution >= 4 is 43.2 Å². The van der Waals surface area contributed by atoms with Crippen molar-refractivity contribution in [3.63, 3.8) is 0 Å². The Bertz CT molecular complexity index is 1160. The third-order valence-corrected chi connectivity index (χ3v) is 7.80. The SMILES string of the molecule is Cc1nc2cc(NC(=O)C3CCCN(S(=O)(=O)c4ccc(F)cc4)C3)ccc2s1. The van der Waals surface area contributed by atoms with Crippen molar-refractivity contribution in [3.05, 3.63) is 53.3 Å². The molecule has 1 amide bonds. The van der Waals surface area contributed by atoms with Gasteiger partial charge in [0.15, 0.2) is 0 Å². The third kappa shape index (κ3) is 4.17. The van der Waals surface area contributed by atoms with E-state index in [-0.39, 0.29) is 17.3 Å². The molecule has 1 saturated heterocycles. The predicted octanol–water partition coefficient (Wildman–Crippen LogP) is 3.78. The Hall–Kier alpha value is -2.36. The minimum atomic E-state index is -3.77. The quantitative estimate of drug-likeness (QED) is 0.679. The molecule has 3 aromatic rings. The minimum absolute atomic E-state index is 0.0318. The van der Waals surface area contributed by atoms with Gasteiger partial charge in [-0.25, -0.2) is 17.8 Å². The lowest BCUT2D eigenvalue weighted by Gasteiger charge is -2.31. The van der Waals surface area contributed by atoms with Crippen molar-refractivity contribution in [2.75, 3.05) is 18.4 Å². The molecule has 0 spiro atoms. The number of fused-ring (bicyclic) bond motifs is 1. The monoisotopic (exact) mass is 433 g/mol. The lowest BCUT2D eigenvalue weighted by atomic mass is 9.98. The number of rotatable bonds is 4. The molecule has 1 atom stereocenters. The Morgan fingerprint density at radius 1 is 1.24 bits per heavy atom. The molecule has 29 heavy (non-hydrogen) atoms. The number of amides is 1. The van der Waals surface area contributed by atoms with E-state index in [0.29, 0.717) is 25.1 Å². The summed E-state index contributed by atoms with van der Waals surface area (Å²) in [7, 11) is -3.77. The van der Waals surface area contributed by atoms with Crippen molar-refractivity contribution in [1.29, 1.82) is 0 Å². The zero-order valence-electron chi connectivity index (χ0n) is 15.8. The molecule has 2 heterocycles. The minimum Gasteiger partial charge on any atom is -0.326 e. The van der Waals surface area contributed by atoms with Crippen LogP contribution in [0.4, 0.5) is 10.1 Å². The fourth-order valence-electron chi connectivity index (χ4n) is 3.50. The van der Waals surface area contributed by atoms with Crippen LogP contribution in [0.1, 0.15) is 17.8 Å². The molecular formula is C20H20FN3O3S2. The predicted molar refractivity (Wildman–Crippen MR) is 111 cm³/mol. The van der Waals surface area contributed by atoms with Crippen LogP contribution in [0.3, 0.4) is 0 Å². The van der Waals surface area contributed by atoms with Gasteiger partial charge in [-0.05, 0) is 62.2 Å². The van der Waals surface area contributed by atoms with Gasteiger partial charge in [0.1, 0.15) is 5.82 Å². The van der Waals surface area contributed by atoms with E-state index in [4.69, 9.17) is 0 Å². The molecule has 6 nitrogen and oxygen atoms in total. The number of hydrogen-bond donors (Lipinski definition) is 1. The molecule has 152 valence electrons. The molecule has 9 heteroatoms. The van der Waals surface area contributed by atoms with Crippen LogP contribution in [0.25, 0.3) is 10.2 Å². The molecule has 1 N–H and O–H groups in total. The smallest absolute Gasteiger partial charge is 0.243 e. The summed E-state index contributed by atoms with van der Waals surface area (Å²) in [4.78, 5) is 17.2. The van der Waals surface area contributed by atoms with Crippen LogP contribution in [0.2, 0.25) is 0 Å². The van der Waals surface area contributed by atoms with E-state index in [1.54, 1.807) is 11.3 Å². The molecule has 2 aromatic carbocycles. The number of nitrogens with one attached hydrogen (secondary N) is 1. The van der Waals surface area contributed by atoms with E-state index in [2.05, 4.69) is 10.3 Å². The van der Waals surface area contributed by atoms with Crippen LogP contribution < -0.4 is 5.32 Å². The van der Waals surface area contributed by atoms with Crippen LogP contribution in [0, 0.1) is 18.7 Å². The van der Waals surface area contributed by atoms with Gasteiger partial charge in [-0.3, -0.25) is 4.79 Å². The molecule has 0 radical (unpaired) electrons. The van der Waals surface area contributed by atoms with E-state index in [1.807, 2.05) is 25.1 Å². The van der Waals surface area contributed by atoms with Crippen molar-refractivity contribution < 1.29 is 17.6 Å². The van der Waals surface area contributed by atoms with Gasteiger partial charge in [0.25, 0.3) is 0 Å². The maximum absolute atomic E-state index is 13.1. The summed E-state index contributed by atoms with van der Waals surface area (Å²) in [5.41, 5.74) is 1.47. The highest BCUT2D eigenvalue weighted by Gasteiger charge is 2.33. The van der Waals surface area contributed by atoms with Crippen molar-refractivity contribution in [1.82, 2.24) is 9.29 Å². The normalized spacial score (nSPS) is 18.1. The number of aryl methyl sites for hydroxylation is 1. The number of aromatic nitrogens is 1. The summed E-state index contributed by atoms with van der Waals surface area (Å²) < 4.78 is 41.2. The Morgan fingerprint density at radius 2 is 2.00 bits per heavy atom. The van der Waals surface area contributed by atoms with Crippen molar-refractivity contribution in [3.8, 4) is 0 Å². The number of sulfonamides is 1. The van der Waals surface area contributed by atoms with E-state index in [9.17, 15) is 17.6 Å². The number of carbonyl (C=O) groups is 1. The topological polar surface area (TPSA) is 79.4 Å². The maximum Gasteiger partial charge on any atom is 0.243 e. The van der Waals surface area contributed by atoms with Gasteiger partial charge < -0.3 is 5.32 Å². The fraction of sp³-hybridized carbons (Fsp3) is 0.300. The summed E-state index contributed by atoms with van der Waals surface area (Å²) in [5, 5.41) is 3.84. The number of anilines is 1. The first-order valence-electron chi connectivity index (χ1n) is 9.27. The number of hydrogen-bond acceptors (Lipinski definition) is 5. The van der Waals surface area contributed by atoms with Crippen molar-refractivity contribution in [2.24, 2.45) is 5.92 Å². The first kappa shape index (κ1) is 19.9. The Labute approximate surface area is 172 Å². The maximum atomic E-state index is 13.1. The van der Waals surface area contributed by atoms with E-state index in [0.717, 1.165) is 27.4 Å². The summed E-state index contributed by atoms with van der Waals surface area (Å²) in [6.07, 6.45) is 1.20. The van der Waals surface area contributed by atoms with Crippen LogP contribution in [0.5, 0.6) is 0 Å². The van der Waals surface area contributed by atoms with Crippen LogP contribution in [0.15, 0.2) is 47.4 Å². The van der Waals surface area contributed by atoms with E-state index >= 15 is 0 Å². The lowest BCUT2D eigenvalue weighted by molar-refractivity contribution is -0.120. The molecular weight excluding hydrogens is 413 g/mol. The number of thiazole rings is 1. The second kappa shape index (κ2) is 7.81. The Balaban J connectivity index is 1.48. The molecule has 0 aliphatic carbocycles. The first-order chi connectivity index (χ1) is 13.8. The molecule has 0 saturated carbocycles. The zero-order valence-corrected chi connectivity index (χ0v) is 17.4. The largest absolute Gasteiger partial charge is 0.326 e. The molecule has 1 aliphatic heterocycles. The summed E-state index contributed by atoms with van der Waals surface area (Å²) in [6, 6.07) is 10.3. The lowest BCUT2D eigenvalue weighted by Crippen LogP contribution is -2.43. The molecule has 1 aromatic heterocycles. The molecule has 4 rings (SSSR count). The second-order valence-electron chi connectivity index (χ2n) is 7.06. The highest BCUT2D eigenvalue weighted by molar-refractivity contribution is 7.89. The highest BCUT2D eigenvalue weighted by Crippen LogP contribution is 2.27. The molecule has 1 aliphatic rings. The number of carbonyl (C=O) groups excluding carboxylic acids is 1. The average Bonchev–Trinajstić information content (AvgIpc) is 3.07. The second-order valence-corrected chi connectivity index (χ2v) is 10.2. The summed E-state index contributed by atoms with van der Waals surface area (Å²) in [5.74, 6) is -1.16. The Morgan fingerprint density at radius 3 is 2.76 bits per heavy atom. The van der Waals surface area contributed by atoms with Crippen LogP contribution in [-0.4, -0.2) is 36.7 Å². The molecule has 1 unspecified atom stereocenters. The van der Waals surface area contributed by atoms with Gasteiger partial charge in [0.2, 0.25) is 15.9 Å². The number of benzene rings is 2. The van der Waals surface area contributed by atoms with Crippen molar-refractivity contribution in [2.45, 2.75) is 24.7 Å². The summed E-state index contributed by atoms with van der Waals surface area (Å²) >= 11 is 1.59. The van der Waals surface area contributed by atoms with Crippen LogP contribution >= 0.6 is 11.3 Å². The first-order valence-corrected chi connectivity index (χ1v) is 11.5. The Kier molecular flexibility index (Phi) is 5.37. The highest BCUT2D eigenvalue weighted by atomic mass is 32.2. The van der Waals surface area contributed by atoms with Gasteiger partial charge >= 0.3 is 0 Å². The molecule has 1 fully saturated rings. The standard InChI is InChI=1S/C20H20FN3O3S2/c1-13-22-18-11-16(6-9-19(18)28-13)23-20(25)14-3-2-10-24(12-14)29(26,27)17-7-4-15(21)5-8-17/h4-9,11,14H,2-3,10,12H2,1H3,(H,23,25). The summed E-state index contributed by atoms with van der Waals surface area (Å²) in [6.45, 7) is 2.37. The third-order valence-electron chi connectivity index (χ3n) is 4.97. The van der Waals surface area contributed by atoms with E-state index < -0.39 is 21.8 Å². The molecule has 0 bridgehead atoms. The van der Waals surface area contributed by atoms with E-state index in [1.165, 1.54) is 16.4 Å². The van der Waals surface area contributed by atoms with Gasteiger partial charge in [-0.2, -0.15) is 4.31 Å². The van der Waals surface area contributed by atoms with Gasteiger partial charge in [-0.15, -0.1) is 11.3 Å². The fourth-order valence-corrected chi connectivity index (χ4v) is 5.83. The number of piperidine rings is 1. The average molecular weight is 434 g/mol. The number of nitrogens with zero attached hydrogens (tertiary/aromatic N) is 2.